The highest BCUT2D eigenvalue weighted by molar-refractivity contribution is 6.30. The quantitative estimate of drug-likeness (QED) is 0.878. The Labute approximate surface area is 160 Å². The second kappa shape index (κ2) is 8.26. The number of hydrogen-bond acceptors (Lipinski definition) is 4. The van der Waals surface area contributed by atoms with Gasteiger partial charge in [-0.15, -0.1) is 0 Å². The van der Waals surface area contributed by atoms with E-state index in [2.05, 4.69) is 21.2 Å². The molecule has 26 heavy (non-hydrogen) atoms. The van der Waals surface area contributed by atoms with Gasteiger partial charge >= 0.3 is 0 Å². The predicted molar refractivity (Wildman–Crippen MR) is 102 cm³/mol. The number of nitrogens with zero attached hydrogens (tertiary/aromatic N) is 2. The van der Waals surface area contributed by atoms with Crippen LogP contribution < -0.4 is 5.32 Å². The van der Waals surface area contributed by atoms with E-state index in [-0.39, 0.29) is 24.1 Å². The second-order valence-corrected chi connectivity index (χ2v) is 8.03. The first kappa shape index (κ1) is 18.2. The molecule has 1 saturated carbocycles. The SMILES string of the molecule is O=C(CN1CCNCC1c1cccc(Cl)c1)N1CCOC2CCCCC21. The number of hydrogen-bond donors (Lipinski definition) is 1. The van der Waals surface area contributed by atoms with Crippen LogP contribution >= 0.6 is 11.6 Å². The van der Waals surface area contributed by atoms with E-state index < -0.39 is 0 Å². The Kier molecular flexibility index (Phi) is 5.79. The molecule has 2 saturated heterocycles. The molecule has 3 atom stereocenters. The van der Waals surface area contributed by atoms with E-state index in [4.69, 9.17) is 16.3 Å². The van der Waals surface area contributed by atoms with Crippen molar-refractivity contribution in [3.63, 3.8) is 0 Å². The molecule has 3 unspecified atom stereocenters. The van der Waals surface area contributed by atoms with Gasteiger partial charge in [-0.25, -0.2) is 0 Å². The molecule has 2 aliphatic heterocycles. The molecule has 0 aromatic heterocycles. The maximum atomic E-state index is 13.1. The summed E-state index contributed by atoms with van der Waals surface area (Å²) in [6.07, 6.45) is 4.83. The molecule has 0 bridgehead atoms. The van der Waals surface area contributed by atoms with Crippen LogP contribution in [0.5, 0.6) is 0 Å². The molecule has 1 amide bonds. The van der Waals surface area contributed by atoms with Gasteiger partial charge in [0.25, 0.3) is 0 Å². The number of carbonyl (C=O) groups is 1. The second-order valence-electron chi connectivity index (χ2n) is 7.59. The zero-order chi connectivity index (χ0) is 17.9. The van der Waals surface area contributed by atoms with Crippen molar-refractivity contribution in [3.05, 3.63) is 34.9 Å². The standard InChI is InChI=1S/C20H28ClN3O2/c21-16-5-3-4-15(12-16)18-13-22-8-9-23(18)14-20(25)24-10-11-26-19-7-2-1-6-17(19)24/h3-5,12,17-19,22H,1-2,6-11,13-14H2. The lowest BCUT2D eigenvalue weighted by Crippen LogP contribution is -2.58. The molecule has 1 N–H and O–H groups in total. The summed E-state index contributed by atoms with van der Waals surface area (Å²) in [7, 11) is 0. The van der Waals surface area contributed by atoms with Gasteiger partial charge in [0.05, 0.1) is 25.3 Å². The molecular weight excluding hydrogens is 350 g/mol. The van der Waals surface area contributed by atoms with Gasteiger partial charge in [0.1, 0.15) is 0 Å². The average Bonchev–Trinajstić information content (AvgIpc) is 2.68. The highest BCUT2D eigenvalue weighted by Gasteiger charge is 2.37. The zero-order valence-electron chi connectivity index (χ0n) is 15.2. The van der Waals surface area contributed by atoms with Crippen LogP contribution in [0.4, 0.5) is 0 Å². The Hall–Kier alpha value is -1.14. The number of fused-ring (bicyclic) bond motifs is 1. The number of piperazine rings is 1. The summed E-state index contributed by atoms with van der Waals surface area (Å²) in [6.45, 7) is 4.52. The maximum absolute atomic E-state index is 13.1. The van der Waals surface area contributed by atoms with E-state index in [1.165, 1.54) is 18.4 Å². The minimum Gasteiger partial charge on any atom is -0.374 e. The van der Waals surface area contributed by atoms with Crippen molar-refractivity contribution in [1.82, 2.24) is 15.1 Å². The fourth-order valence-corrected chi connectivity index (χ4v) is 4.85. The van der Waals surface area contributed by atoms with Crippen molar-refractivity contribution in [2.24, 2.45) is 0 Å². The zero-order valence-corrected chi connectivity index (χ0v) is 16.0. The van der Waals surface area contributed by atoms with Gasteiger partial charge < -0.3 is 15.0 Å². The van der Waals surface area contributed by atoms with Crippen molar-refractivity contribution in [3.8, 4) is 0 Å². The summed E-state index contributed by atoms with van der Waals surface area (Å²) in [5.74, 6) is 0.249. The molecule has 1 aliphatic carbocycles. The molecule has 4 rings (SSSR count). The summed E-state index contributed by atoms with van der Waals surface area (Å²) in [6, 6.07) is 8.47. The monoisotopic (exact) mass is 377 g/mol. The number of ether oxygens (including phenoxy) is 1. The van der Waals surface area contributed by atoms with Crippen LogP contribution in [0.25, 0.3) is 0 Å². The topological polar surface area (TPSA) is 44.8 Å². The molecular formula is C20H28ClN3O2. The number of halogens is 1. The van der Waals surface area contributed by atoms with Crippen LogP contribution in [0.3, 0.4) is 0 Å². The number of benzene rings is 1. The van der Waals surface area contributed by atoms with E-state index in [1.807, 2.05) is 18.2 Å². The number of rotatable bonds is 3. The molecule has 3 aliphatic rings. The minimum atomic E-state index is 0.189. The Morgan fingerprint density at radius 3 is 3.04 bits per heavy atom. The third-order valence-electron chi connectivity index (χ3n) is 5.98. The van der Waals surface area contributed by atoms with Gasteiger partial charge in [0, 0.05) is 37.2 Å². The lowest BCUT2D eigenvalue weighted by Gasteiger charge is -2.45. The van der Waals surface area contributed by atoms with E-state index in [9.17, 15) is 4.79 Å². The summed E-state index contributed by atoms with van der Waals surface area (Å²) in [5.41, 5.74) is 1.18. The third kappa shape index (κ3) is 3.91. The van der Waals surface area contributed by atoms with Gasteiger partial charge in [0.2, 0.25) is 5.91 Å². The first-order valence-electron chi connectivity index (χ1n) is 9.83. The lowest BCUT2D eigenvalue weighted by molar-refractivity contribution is -0.151. The third-order valence-corrected chi connectivity index (χ3v) is 6.21. The van der Waals surface area contributed by atoms with Crippen LogP contribution in [0.15, 0.2) is 24.3 Å². The normalized spacial score (nSPS) is 30.0. The summed E-state index contributed by atoms with van der Waals surface area (Å²) >= 11 is 6.19. The van der Waals surface area contributed by atoms with E-state index in [0.29, 0.717) is 13.2 Å². The minimum absolute atomic E-state index is 0.189. The number of carbonyl (C=O) groups excluding carboxylic acids is 1. The Bertz CT molecular complexity index is 639. The maximum Gasteiger partial charge on any atom is 0.237 e. The van der Waals surface area contributed by atoms with Crippen LogP contribution in [0, 0.1) is 0 Å². The molecule has 142 valence electrons. The van der Waals surface area contributed by atoms with E-state index in [0.717, 1.165) is 44.0 Å². The predicted octanol–water partition coefficient (Wildman–Crippen LogP) is 2.46. The summed E-state index contributed by atoms with van der Waals surface area (Å²) in [4.78, 5) is 17.6. The lowest BCUT2D eigenvalue weighted by atomic mass is 9.90. The Morgan fingerprint density at radius 2 is 2.15 bits per heavy atom. The van der Waals surface area contributed by atoms with Gasteiger partial charge in [-0.2, -0.15) is 0 Å². The number of amides is 1. The molecule has 3 fully saturated rings. The highest BCUT2D eigenvalue weighted by atomic mass is 35.5. The van der Waals surface area contributed by atoms with E-state index >= 15 is 0 Å². The first-order valence-corrected chi connectivity index (χ1v) is 10.2. The molecule has 0 radical (unpaired) electrons. The molecule has 5 nitrogen and oxygen atoms in total. The van der Waals surface area contributed by atoms with Crippen molar-refractivity contribution in [2.75, 3.05) is 39.3 Å². The Balaban J connectivity index is 1.46. The smallest absolute Gasteiger partial charge is 0.237 e. The molecule has 1 aromatic rings. The highest BCUT2D eigenvalue weighted by Crippen LogP contribution is 2.29. The molecule has 1 aromatic carbocycles. The molecule has 0 spiro atoms. The van der Waals surface area contributed by atoms with Crippen molar-refractivity contribution in [2.45, 2.75) is 43.9 Å². The van der Waals surface area contributed by atoms with E-state index in [1.54, 1.807) is 0 Å². The van der Waals surface area contributed by atoms with Gasteiger partial charge in [-0.3, -0.25) is 9.69 Å². The van der Waals surface area contributed by atoms with Gasteiger partial charge in [-0.1, -0.05) is 36.6 Å². The van der Waals surface area contributed by atoms with Crippen LogP contribution in [0.1, 0.15) is 37.3 Å². The summed E-state index contributed by atoms with van der Waals surface area (Å²) in [5, 5.41) is 4.20. The van der Waals surface area contributed by atoms with Crippen LogP contribution in [-0.2, 0) is 9.53 Å². The molecule has 6 heteroatoms. The van der Waals surface area contributed by atoms with Crippen molar-refractivity contribution < 1.29 is 9.53 Å². The van der Waals surface area contributed by atoms with Gasteiger partial charge in [-0.05, 0) is 30.5 Å². The van der Waals surface area contributed by atoms with Crippen molar-refractivity contribution in [1.29, 1.82) is 0 Å². The van der Waals surface area contributed by atoms with Gasteiger partial charge in [0.15, 0.2) is 0 Å². The molecule has 2 heterocycles. The number of morpholine rings is 1. The van der Waals surface area contributed by atoms with Crippen LogP contribution in [-0.4, -0.2) is 67.2 Å². The number of nitrogens with one attached hydrogen (secondary N) is 1. The first-order chi connectivity index (χ1) is 12.7. The van der Waals surface area contributed by atoms with Crippen molar-refractivity contribution >= 4 is 17.5 Å². The summed E-state index contributed by atoms with van der Waals surface area (Å²) < 4.78 is 5.92. The van der Waals surface area contributed by atoms with Crippen LogP contribution in [0.2, 0.25) is 5.02 Å². The fourth-order valence-electron chi connectivity index (χ4n) is 4.65. The fraction of sp³-hybridized carbons (Fsp3) is 0.650. The average molecular weight is 378 g/mol. The largest absolute Gasteiger partial charge is 0.374 e. The Morgan fingerprint density at radius 1 is 1.27 bits per heavy atom.